The number of fused-ring (bicyclic) bond motifs is 1. The zero-order chi connectivity index (χ0) is 17.3. The Morgan fingerprint density at radius 1 is 1.33 bits per heavy atom. The largest absolute Gasteiger partial charge is 0.423 e. The number of rotatable bonds is 4. The number of hydrogen-bond acceptors (Lipinski definition) is 3. The number of nitrogens with one attached hydrogen (secondary N) is 1. The number of benzene rings is 1. The number of aliphatic hydroxyl groups is 1. The first kappa shape index (κ1) is 17.2. The zero-order valence-corrected chi connectivity index (χ0v) is 14.9. The van der Waals surface area contributed by atoms with Crippen molar-refractivity contribution < 1.29 is 14.4 Å². The Kier molecular flexibility index (Phi) is 5.07. The molecule has 3 rings (SSSR count). The number of hydrogen-bond donors (Lipinski definition) is 2. The third kappa shape index (κ3) is 3.55. The van der Waals surface area contributed by atoms with Gasteiger partial charge in [-0.15, -0.1) is 0 Å². The fraction of sp³-hybridized carbons (Fsp3) is 0.550. The third-order valence-corrected chi connectivity index (χ3v) is 5.26. The van der Waals surface area contributed by atoms with Crippen LogP contribution in [-0.2, 0) is 6.54 Å². The van der Waals surface area contributed by atoms with Gasteiger partial charge in [0.05, 0.1) is 19.7 Å². The van der Waals surface area contributed by atoms with E-state index in [2.05, 4.69) is 26.8 Å². The Bertz CT molecular complexity index is 778. The van der Waals surface area contributed by atoms with Gasteiger partial charge in [0.15, 0.2) is 0 Å². The number of piperidine rings is 1. The molecule has 1 aromatic carbocycles. The molecule has 1 fully saturated rings. The molecule has 0 saturated carbocycles. The smallest absolute Gasteiger partial charge is 0.336 e. The first-order valence-electron chi connectivity index (χ1n) is 8.99. The second-order valence-electron chi connectivity index (χ2n) is 7.52. The molecule has 2 heterocycles. The first-order chi connectivity index (χ1) is 11.5. The maximum Gasteiger partial charge on any atom is 0.336 e. The summed E-state index contributed by atoms with van der Waals surface area (Å²) in [5, 5.41) is 10.5. The average Bonchev–Trinajstić information content (AvgIpc) is 2.54. The second kappa shape index (κ2) is 7.08. The fourth-order valence-electron chi connectivity index (χ4n) is 4.00. The van der Waals surface area contributed by atoms with E-state index in [1.807, 2.05) is 6.07 Å². The molecule has 130 valence electrons. The van der Waals surface area contributed by atoms with E-state index in [1.165, 1.54) is 16.0 Å². The summed E-state index contributed by atoms with van der Waals surface area (Å²) in [6, 6.07) is 5.84. The van der Waals surface area contributed by atoms with Crippen molar-refractivity contribution >= 4 is 11.0 Å². The van der Waals surface area contributed by atoms with Crippen molar-refractivity contribution in [3.63, 3.8) is 0 Å². The van der Waals surface area contributed by atoms with Gasteiger partial charge in [-0.25, -0.2) is 4.79 Å². The summed E-state index contributed by atoms with van der Waals surface area (Å²) in [4.78, 5) is 13.4. The van der Waals surface area contributed by atoms with Gasteiger partial charge < -0.3 is 14.4 Å². The van der Waals surface area contributed by atoms with Crippen LogP contribution in [0.25, 0.3) is 11.0 Å². The molecule has 1 saturated heterocycles. The Morgan fingerprint density at radius 3 is 2.83 bits per heavy atom. The summed E-state index contributed by atoms with van der Waals surface area (Å²) in [6.07, 6.45) is 2.24. The van der Waals surface area contributed by atoms with E-state index in [0.29, 0.717) is 17.4 Å². The van der Waals surface area contributed by atoms with Crippen LogP contribution in [-0.4, -0.2) is 24.8 Å². The molecule has 1 unspecified atom stereocenters. The van der Waals surface area contributed by atoms with E-state index in [9.17, 15) is 9.90 Å². The lowest BCUT2D eigenvalue weighted by molar-refractivity contribution is -0.922. The summed E-state index contributed by atoms with van der Waals surface area (Å²) in [5.41, 5.74) is 3.96. The van der Waals surface area contributed by atoms with E-state index >= 15 is 0 Å². The van der Waals surface area contributed by atoms with Crippen LogP contribution in [0.5, 0.6) is 0 Å². The summed E-state index contributed by atoms with van der Waals surface area (Å²) >= 11 is 0. The van der Waals surface area contributed by atoms with Crippen LogP contribution < -0.4 is 10.5 Å². The van der Waals surface area contributed by atoms with E-state index in [-0.39, 0.29) is 12.2 Å². The zero-order valence-electron chi connectivity index (χ0n) is 14.9. The molecule has 0 radical (unpaired) electrons. The van der Waals surface area contributed by atoms with Crippen LogP contribution in [0.1, 0.15) is 49.3 Å². The van der Waals surface area contributed by atoms with Gasteiger partial charge in [-0.05, 0) is 48.9 Å². The Labute approximate surface area is 143 Å². The second-order valence-corrected chi connectivity index (χ2v) is 7.52. The van der Waals surface area contributed by atoms with Crippen molar-refractivity contribution in [2.24, 2.45) is 5.92 Å². The summed E-state index contributed by atoms with van der Waals surface area (Å²) < 4.78 is 5.44. The van der Waals surface area contributed by atoms with Crippen LogP contribution in [0.3, 0.4) is 0 Å². The lowest BCUT2D eigenvalue weighted by Gasteiger charge is -2.29. The van der Waals surface area contributed by atoms with Crippen LogP contribution in [0, 0.1) is 12.8 Å². The van der Waals surface area contributed by atoms with E-state index in [0.717, 1.165) is 43.4 Å². The van der Waals surface area contributed by atoms with Crippen molar-refractivity contribution in [1.29, 1.82) is 0 Å². The van der Waals surface area contributed by atoms with E-state index in [4.69, 9.17) is 4.42 Å². The predicted octanol–water partition coefficient (Wildman–Crippen LogP) is 2.01. The number of quaternary nitrogens is 1. The minimum Gasteiger partial charge on any atom is -0.423 e. The lowest BCUT2D eigenvalue weighted by atomic mass is 9.94. The van der Waals surface area contributed by atoms with Gasteiger partial charge in [0.2, 0.25) is 0 Å². The summed E-state index contributed by atoms with van der Waals surface area (Å²) in [6.45, 7) is 9.60. The highest BCUT2D eigenvalue weighted by Gasteiger charge is 2.23. The standard InChI is InChI=1S/C20H27NO3/c1-13(2)17-9-18-16(8-20(23)24-19(18)7-14(17)3)11-21-6-4-5-15(10-21)12-22/h7-9,13,15,22H,4-6,10-12H2,1-3H3/p+1/t15-/m1/s1. The normalized spacial score (nSPS) is 21.5. The molecule has 2 N–H and O–H groups in total. The Hall–Kier alpha value is -1.65. The molecule has 0 bridgehead atoms. The number of likely N-dealkylation sites (tertiary alicyclic amines) is 1. The molecular formula is C20H28NO3+. The van der Waals surface area contributed by atoms with Gasteiger partial charge in [0, 0.05) is 22.9 Å². The highest BCUT2D eigenvalue weighted by Crippen LogP contribution is 2.26. The summed E-state index contributed by atoms with van der Waals surface area (Å²) in [5.74, 6) is 0.823. The molecule has 2 aromatic rings. The van der Waals surface area contributed by atoms with E-state index in [1.54, 1.807) is 6.07 Å². The highest BCUT2D eigenvalue weighted by atomic mass is 16.4. The van der Waals surface area contributed by atoms with Crippen molar-refractivity contribution in [2.75, 3.05) is 19.7 Å². The molecule has 1 aliphatic rings. The summed E-state index contributed by atoms with van der Waals surface area (Å²) in [7, 11) is 0. The molecule has 2 atom stereocenters. The van der Waals surface area contributed by atoms with Gasteiger partial charge in [0.25, 0.3) is 0 Å². The molecule has 0 aliphatic carbocycles. The Morgan fingerprint density at radius 2 is 2.12 bits per heavy atom. The SMILES string of the molecule is Cc1cc2oc(=O)cc(C[NH+]3CCC[C@@H](CO)C3)c2cc1C(C)C. The first-order valence-corrected chi connectivity index (χ1v) is 8.99. The minimum absolute atomic E-state index is 0.262. The molecule has 4 heteroatoms. The quantitative estimate of drug-likeness (QED) is 0.843. The van der Waals surface area contributed by atoms with Gasteiger partial charge in [-0.3, -0.25) is 0 Å². The van der Waals surface area contributed by atoms with Gasteiger partial charge >= 0.3 is 5.63 Å². The van der Waals surface area contributed by atoms with Gasteiger partial charge in [0.1, 0.15) is 12.1 Å². The number of aliphatic hydroxyl groups excluding tert-OH is 1. The topological polar surface area (TPSA) is 54.9 Å². The van der Waals surface area contributed by atoms with Crippen LogP contribution in [0.15, 0.2) is 27.4 Å². The van der Waals surface area contributed by atoms with Crippen molar-refractivity contribution in [1.82, 2.24) is 0 Å². The number of aryl methyl sites for hydroxylation is 1. The third-order valence-electron chi connectivity index (χ3n) is 5.26. The van der Waals surface area contributed by atoms with Gasteiger partial charge in [-0.1, -0.05) is 13.8 Å². The molecular weight excluding hydrogens is 302 g/mol. The van der Waals surface area contributed by atoms with Crippen molar-refractivity contribution in [3.8, 4) is 0 Å². The Balaban J connectivity index is 2.00. The molecule has 0 amide bonds. The molecule has 24 heavy (non-hydrogen) atoms. The predicted molar refractivity (Wildman–Crippen MR) is 95.5 cm³/mol. The minimum atomic E-state index is -0.274. The average molecular weight is 330 g/mol. The van der Waals surface area contributed by atoms with E-state index < -0.39 is 0 Å². The molecule has 4 nitrogen and oxygen atoms in total. The maximum atomic E-state index is 12.0. The molecule has 1 aliphatic heterocycles. The van der Waals surface area contributed by atoms with Crippen molar-refractivity contribution in [2.45, 2.75) is 46.1 Å². The van der Waals surface area contributed by atoms with Crippen LogP contribution in [0.2, 0.25) is 0 Å². The molecule has 0 spiro atoms. The van der Waals surface area contributed by atoms with Crippen LogP contribution in [0.4, 0.5) is 0 Å². The van der Waals surface area contributed by atoms with Crippen LogP contribution >= 0.6 is 0 Å². The monoisotopic (exact) mass is 330 g/mol. The fourth-order valence-corrected chi connectivity index (χ4v) is 4.00. The highest BCUT2D eigenvalue weighted by molar-refractivity contribution is 5.82. The lowest BCUT2D eigenvalue weighted by Crippen LogP contribution is -3.12. The van der Waals surface area contributed by atoms with Gasteiger partial charge in [-0.2, -0.15) is 0 Å². The maximum absolute atomic E-state index is 12.0. The molecule has 1 aromatic heterocycles. The van der Waals surface area contributed by atoms with Crippen molar-refractivity contribution in [3.05, 3.63) is 45.3 Å².